The summed E-state index contributed by atoms with van der Waals surface area (Å²) >= 11 is 6.00. The molecule has 0 unspecified atom stereocenters. The molecule has 3 rings (SSSR count). The minimum absolute atomic E-state index is 0.0362. The zero-order valence-electron chi connectivity index (χ0n) is 22.1. The predicted octanol–water partition coefficient (Wildman–Crippen LogP) is 5.64. The van der Waals surface area contributed by atoms with Gasteiger partial charge in [0.05, 0.1) is 11.6 Å². The molecule has 0 aliphatic carbocycles. The highest BCUT2D eigenvalue weighted by atomic mass is 35.5. The number of likely N-dealkylation sites (tertiary alicyclic amines) is 1. The van der Waals surface area contributed by atoms with Crippen molar-refractivity contribution < 1.29 is 9.21 Å². The Balaban J connectivity index is 1.46. The lowest BCUT2D eigenvalue weighted by Gasteiger charge is -2.31. The molecule has 1 amide bonds. The number of oxazole rings is 1. The van der Waals surface area contributed by atoms with E-state index in [1.54, 1.807) is 0 Å². The molecule has 1 aromatic heterocycles. The summed E-state index contributed by atoms with van der Waals surface area (Å²) < 4.78 is 5.92. The normalized spacial score (nSPS) is 17.0. The third kappa shape index (κ3) is 8.93. The molecule has 1 aromatic carbocycles. The van der Waals surface area contributed by atoms with E-state index in [9.17, 15) is 4.79 Å². The first kappa shape index (κ1) is 27.7. The van der Waals surface area contributed by atoms with Crippen molar-refractivity contribution in [3.63, 3.8) is 0 Å². The molecule has 35 heavy (non-hydrogen) atoms. The maximum atomic E-state index is 12.9. The van der Waals surface area contributed by atoms with Crippen LogP contribution in [0.2, 0.25) is 5.02 Å². The van der Waals surface area contributed by atoms with Gasteiger partial charge in [-0.1, -0.05) is 39.3 Å². The van der Waals surface area contributed by atoms with E-state index < -0.39 is 0 Å². The first-order valence-corrected chi connectivity index (χ1v) is 13.5. The molecule has 0 saturated carbocycles. The van der Waals surface area contributed by atoms with Gasteiger partial charge in [0.1, 0.15) is 5.76 Å². The molecular formula is C28H43ClN4O2. The highest BCUT2D eigenvalue weighted by Crippen LogP contribution is 2.25. The van der Waals surface area contributed by atoms with Gasteiger partial charge in [-0.2, -0.15) is 0 Å². The third-order valence-electron chi connectivity index (χ3n) is 6.43. The Morgan fingerprint density at radius 2 is 1.89 bits per heavy atom. The van der Waals surface area contributed by atoms with Gasteiger partial charge in [0, 0.05) is 43.3 Å². The minimum Gasteiger partial charge on any atom is -0.441 e. The van der Waals surface area contributed by atoms with Crippen molar-refractivity contribution >= 4 is 17.5 Å². The largest absolute Gasteiger partial charge is 0.441 e. The molecule has 1 saturated heterocycles. The summed E-state index contributed by atoms with van der Waals surface area (Å²) in [7, 11) is 0. The Labute approximate surface area is 216 Å². The van der Waals surface area contributed by atoms with E-state index in [-0.39, 0.29) is 11.8 Å². The number of hydrogen-bond acceptors (Lipinski definition) is 5. The van der Waals surface area contributed by atoms with Crippen LogP contribution < -0.4 is 5.32 Å². The quantitative estimate of drug-likeness (QED) is 0.381. The Morgan fingerprint density at radius 1 is 1.20 bits per heavy atom. The summed E-state index contributed by atoms with van der Waals surface area (Å²) in [5.74, 6) is 2.99. The second-order valence-electron chi connectivity index (χ2n) is 10.8. The molecular weight excluding hydrogens is 460 g/mol. The van der Waals surface area contributed by atoms with Gasteiger partial charge >= 0.3 is 0 Å². The second-order valence-corrected chi connectivity index (χ2v) is 11.2. The number of benzene rings is 1. The van der Waals surface area contributed by atoms with Crippen molar-refractivity contribution in [3.05, 3.63) is 40.7 Å². The van der Waals surface area contributed by atoms with E-state index in [0.717, 1.165) is 75.5 Å². The van der Waals surface area contributed by atoms with Gasteiger partial charge < -0.3 is 14.6 Å². The molecule has 1 atom stereocenters. The molecule has 1 aliphatic rings. The van der Waals surface area contributed by atoms with E-state index in [1.165, 1.54) is 0 Å². The monoisotopic (exact) mass is 502 g/mol. The summed E-state index contributed by atoms with van der Waals surface area (Å²) in [6.45, 7) is 17.5. The molecule has 6 nitrogen and oxygen atoms in total. The fourth-order valence-electron chi connectivity index (χ4n) is 4.86. The number of aryl methyl sites for hydroxylation is 1. The van der Waals surface area contributed by atoms with Gasteiger partial charge in [0.15, 0.2) is 0 Å². The molecule has 1 aliphatic heterocycles. The highest BCUT2D eigenvalue weighted by molar-refractivity contribution is 6.30. The maximum absolute atomic E-state index is 12.9. The highest BCUT2D eigenvalue weighted by Gasteiger charge is 2.27. The fourth-order valence-corrected chi connectivity index (χ4v) is 4.99. The number of carbonyl (C=O) groups is 1. The van der Waals surface area contributed by atoms with Crippen LogP contribution in [0.25, 0.3) is 11.5 Å². The van der Waals surface area contributed by atoms with Gasteiger partial charge in [0.2, 0.25) is 11.8 Å². The van der Waals surface area contributed by atoms with Gasteiger partial charge in [-0.05, 0) is 75.4 Å². The number of nitrogens with one attached hydrogen (secondary N) is 1. The lowest BCUT2D eigenvalue weighted by molar-refractivity contribution is -0.126. The standard InChI is InChI=1S/C28H43ClN4O2/c1-20(2)16-32(17-21(3)4)15-7-13-30-27(34)24-8-6-14-33(18-24)19-26-22(5)35-28(31-26)23-9-11-25(29)12-10-23/h9-12,20-21,24H,6-8,13-19H2,1-5H3,(H,30,34)/t24-/m1/s1. The van der Waals surface area contributed by atoms with Crippen LogP contribution >= 0.6 is 11.6 Å². The Kier molecular flexibility index (Phi) is 10.6. The summed E-state index contributed by atoms with van der Waals surface area (Å²) in [4.78, 5) is 22.5. The zero-order valence-corrected chi connectivity index (χ0v) is 22.9. The molecule has 194 valence electrons. The van der Waals surface area contributed by atoms with Crippen molar-refractivity contribution in [1.29, 1.82) is 0 Å². The minimum atomic E-state index is 0.0362. The number of nitrogens with zero attached hydrogens (tertiary/aromatic N) is 3. The summed E-state index contributed by atoms with van der Waals surface area (Å²) in [6, 6.07) is 7.53. The first-order chi connectivity index (χ1) is 16.7. The van der Waals surface area contributed by atoms with Gasteiger partial charge in [0.25, 0.3) is 0 Å². The van der Waals surface area contributed by atoms with Crippen LogP contribution in [-0.4, -0.2) is 60.0 Å². The zero-order chi connectivity index (χ0) is 25.4. The smallest absolute Gasteiger partial charge is 0.226 e. The summed E-state index contributed by atoms with van der Waals surface area (Å²) in [5.41, 5.74) is 1.85. The second kappa shape index (κ2) is 13.4. The van der Waals surface area contributed by atoms with Crippen LogP contribution in [0.3, 0.4) is 0 Å². The number of rotatable bonds is 12. The summed E-state index contributed by atoms with van der Waals surface area (Å²) in [5, 5.41) is 3.90. The van der Waals surface area contributed by atoms with Crippen molar-refractivity contribution in [3.8, 4) is 11.5 Å². The number of piperidine rings is 1. The molecule has 1 fully saturated rings. The molecule has 7 heteroatoms. The van der Waals surface area contributed by atoms with Crippen LogP contribution in [0, 0.1) is 24.7 Å². The maximum Gasteiger partial charge on any atom is 0.226 e. The van der Waals surface area contributed by atoms with Crippen LogP contribution in [0.15, 0.2) is 28.7 Å². The lowest BCUT2D eigenvalue weighted by atomic mass is 9.97. The van der Waals surface area contributed by atoms with Crippen molar-refractivity contribution in [1.82, 2.24) is 20.1 Å². The first-order valence-electron chi connectivity index (χ1n) is 13.2. The van der Waals surface area contributed by atoms with Gasteiger partial charge in [-0.25, -0.2) is 4.98 Å². The van der Waals surface area contributed by atoms with E-state index in [1.807, 2.05) is 31.2 Å². The molecule has 0 bridgehead atoms. The Bertz CT molecular complexity index is 916. The third-order valence-corrected chi connectivity index (χ3v) is 6.68. The average molecular weight is 503 g/mol. The molecule has 1 N–H and O–H groups in total. The van der Waals surface area contributed by atoms with E-state index >= 15 is 0 Å². The Morgan fingerprint density at radius 3 is 2.54 bits per heavy atom. The number of halogens is 1. The number of carbonyl (C=O) groups excluding carboxylic acids is 1. The van der Waals surface area contributed by atoms with Crippen LogP contribution in [0.5, 0.6) is 0 Å². The van der Waals surface area contributed by atoms with Crippen molar-refractivity contribution in [2.24, 2.45) is 17.8 Å². The molecule has 2 heterocycles. The van der Waals surface area contributed by atoms with E-state index in [2.05, 4.69) is 42.8 Å². The predicted molar refractivity (Wildman–Crippen MR) is 143 cm³/mol. The van der Waals surface area contributed by atoms with E-state index in [4.69, 9.17) is 21.0 Å². The van der Waals surface area contributed by atoms with Gasteiger partial charge in [-0.3, -0.25) is 9.69 Å². The molecule has 0 spiro atoms. The number of hydrogen-bond donors (Lipinski definition) is 1. The average Bonchev–Trinajstić information content (AvgIpc) is 3.16. The number of aromatic nitrogens is 1. The van der Waals surface area contributed by atoms with Crippen LogP contribution in [0.1, 0.15) is 58.4 Å². The van der Waals surface area contributed by atoms with Crippen LogP contribution in [-0.2, 0) is 11.3 Å². The van der Waals surface area contributed by atoms with E-state index in [0.29, 0.717) is 29.3 Å². The number of amides is 1. The Hall–Kier alpha value is -1.89. The van der Waals surface area contributed by atoms with Gasteiger partial charge in [-0.15, -0.1) is 0 Å². The lowest BCUT2D eigenvalue weighted by Crippen LogP contribution is -2.43. The molecule has 0 radical (unpaired) electrons. The SMILES string of the molecule is Cc1oc(-c2ccc(Cl)cc2)nc1CN1CCC[C@@H](C(=O)NCCCN(CC(C)C)CC(C)C)C1. The molecule has 2 aromatic rings. The fraction of sp³-hybridized carbons (Fsp3) is 0.643. The van der Waals surface area contributed by atoms with Crippen LogP contribution in [0.4, 0.5) is 0 Å². The van der Waals surface area contributed by atoms with Crippen molar-refractivity contribution in [2.45, 2.75) is 60.4 Å². The van der Waals surface area contributed by atoms with Crippen molar-refractivity contribution in [2.75, 3.05) is 39.3 Å². The summed E-state index contributed by atoms with van der Waals surface area (Å²) in [6.07, 6.45) is 2.96. The topological polar surface area (TPSA) is 61.6 Å².